The van der Waals surface area contributed by atoms with Crippen LogP contribution in [-0.4, -0.2) is 28.1 Å². The van der Waals surface area contributed by atoms with Gasteiger partial charge in [-0.25, -0.2) is 4.98 Å². The zero-order chi connectivity index (χ0) is 19.4. The van der Waals surface area contributed by atoms with Crippen molar-refractivity contribution < 1.29 is 9.84 Å². The van der Waals surface area contributed by atoms with Crippen LogP contribution >= 0.6 is 15.9 Å². The van der Waals surface area contributed by atoms with Crippen molar-refractivity contribution in [3.8, 4) is 11.5 Å². The Morgan fingerprint density at radius 2 is 2.11 bits per heavy atom. The largest absolute Gasteiger partial charge is 0.504 e. The molecule has 3 rings (SSSR count). The second-order valence-electron chi connectivity index (χ2n) is 6.09. The fraction of sp³-hybridized carbons (Fsp3) is 0.250. The predicted octanol–water partition coefficient (Wildman–Crippen LogP) is 4.10. The van der Waals surface area contributed by atoms with E-state index in [1.165, 1.54) is 17.9 Å². The van der Waals surface area contributed by atoms with Crippen molar-refractivity contribution in [2.75, 3.05) is 7.11 Å². The van der Waals surface area contributed by atoms with Crippen molar-refractivity contribution in [2.45, 2.75) is 26.2 Å². The monoisotopic (exact) mass is 429 g/mol. The van der Waals surface area contributed by atoms with Crippen LogP contribution in [-0.2, 0) is 6.42 Å². The fourth-order valence-electron chi connectivity index (χ4n) is 2.71. The molecule has 0 saturated carbocycles. The summed E-state index contributed by atoms with van der Waals surface area (Å²) >= 11 is 3.40. The Bertz CT molecular complexity index is 1060. The average molecular weight is 430 g/mol. The van der Waals surface area contributed by atoms with Crippen LogP contribution in [0.15, 0.2) is 50.8 Å². The van der Waals surface area contributed by atoms with Crippen molar-refractivity contribution in [1.82, 2.24) is 9.66 Å². The van der Waals surface area contributed by atoms with Gasteiger partial charge < -0.3 is 9.84 Å². The molecule has 1 N–H and O–H groups in total. The van der Waals surface area contributed by atoms with E-state index < -0.39 is 0 Å². The van der Waals surface area contributed by atoms with E-state index in [1.807, 2.05) is 12.1 Å². The van der Waals surface area contributed by atoms with E-state index in [1.54, 1.807) is 24.4 Å². The van der Waals surface area contributed by atoms with Gasteiger partial charge in [0.25, 0.3) is 5.56 Å². The molecule has 1 heterocycles. The van der Waals surface area contributed by atoms with Crippen LogP contribution in [0, 0.1) is 0 Å². The summed E-state index contributed by atoms with van der Waals surface area (Å²) < 4.78 is 7.28. The van der Waals surface area contributed by atoms with Crippen molar-refractivity contribution in [2.24, 2.45) is 5.10 Å². The summed E-state index contributed by atoms with van der Waals surface area (Å²) in [7, 11) is 1.48. The first-order chi connectivity index (χ1) is 13.0. The number of nitrogens with zero attached hydrogens (tertiary/aromatic N) is 3. The Kier molecular flexibility index (Phi) is 5.91. The highest BCUT2D eigenvalue weighted by Crippen LogP contribution is 2.25. The standard InChI is InChI=1S/C20H20BrN3O3/c1-3-4-5-19-23-16-8-7-14(21)11-15(16)20(26)24(19)22-12-13-6-9-17(25)18(10-13)27-2/h6-12,25H,3-5H2,1-2H3. The summed E-state index contributed by atoms with van der Waals surface area (Å²) in [5.41, 5.74) is 1.15. The quantitative estimate of drug-likeness (QED) is 0.598. The van der Waals surface area contributed by atoms with E-state index in [0.29, 0.717) is 34.5 Å². The van der Waals surface area contributed by atoms with Crippen LogP contribution in [0.25, 0.3) is 10.9 Å². The molecule has 140 valence electrons. The van der Waals surface area contributed by atoms with Crippen LogP contribution in [0.3, 0.4) is 0 Å². The van der Waals surface area contributed by atoms with E-state index in [4.69, 9.17) is 4.74 Å². The molecular formula is C20H20BrN3O3. The number of phenols is 1. The van der Waals surface area contributed by atoms with Crippen molar-refractivity contribution in [3.05, 3.63) is 62.6 Å². The molecule has 0 radical (unpaired) electrons. The lowest BCUT2D eigenvalue weighted by molar-refractivity contribution is 0.373. The van der Waals surface area contributed by atoms with Gasteiger partial charge in [-0.15, -0.1) is 0 Å². The molecule has 3 aromatic rings. The van der Waals surface area contributed by atoms with Gasteiger partial charge in [0, 0.05) is 10.9 Å². The first kappa shape index (κ1) is 19.1. The third-order valence-corrected chi connectivity index (χ3v) is 4.65. The highest BCUT2D eigenvalue weighted by Gasteiger charge is 2.11. The average Bonchev–Trinajstić information content (AvgIpc) is 2.67. The molecule has 27 heavy (non-hydrogen) atoms. The summed E-state index contributed by atoms with van der Waals surface area (Å²) in [6, 6.07) is 10.3. The number of hydrogen-bond acceptors (Lipinski definition) is 5. The number of phenolic OH excluding ortho intramolecular Hbond substituents is 1. The van der Waals surface area contributed by atoms with Gasteiger partial charge in [-0.2, -0.15) is 9.78 Å². The molecule has 0 aliphatic heterocycles. The zero-order valence-corrected chi connectivity index (χ0v) is 16.7. The van der Waals surface area contributed by atoms with Gasteiger partial charge >= 0.3 is 0 Å². The molecule has 0 bridgehead atoms. The Labute approximate surface area is 165 Å². The molecule has 0 aliphatic rings. The first-order valence-corrected chi connectivity index (χ1v) is 9.45. The molecule has 0 atom stereocenters. The minimum absolute atomic E-state index is 0.0488. The number of fused-ring (bicyclic) bond motifs is 1. The SMILES string of the molecule is CCCCc1nc2ccc(Br)cc2c(=O)n1N=Cc1ccc(O)c(OC)c1. The van der Waals surface area contributed by atoms with Gasteiger partial charge in [0.1, 0.15) is 5.82 Å². The number of aromatic hydroxyl groups is 1. The number of halogens is 1. The molecule has 0 unspecified atom stereocenters. The topological polar surface area (TPSA) is 76.7 Å². The van der Waals surface area contributed by atoms with Gasteiger partial charge in [0.15, 0.2) is 11.5 Å². The lowest BCUT2D eigenvalue weighted by Crippen LogP contribution is -2.22. The lowest BCUT2D eigenvalue weighted by Gasteiger charge is -2.09. The Balaban J connectivity index is 2.10. The predicted molar refractivity (Wildman–Crippen MR) is 110 cm³/mol. The summed E-state index contributed by atoms with van der Waals surface area (Å²) in [4.78, 5) is 17.6. The first-order valence-electron chi connectivity index (χ1n) is 8.66. The zero-order valence-electron chi connectivity index (χ0n) is 15.1. The molecule has 2 aromatic carbocycles. The number of ether oxygens (including phenoxy) is 1. The Morgan fingerprint density at radius 3 is 2.85 bits per heavy atom. The second-order valence-corrected chi connectivity index (χ2v) is 7.00. The number of methoxy groups -OCH3 is 1. The van der Waals surface area contributed by atoms with Crippen molar-refractivity contribution in [3.63, 3.8) is 0 Å². The Morgan fingerprint density at radius 1 is 1.30 bits per heavy atom. The van der Waals surface area contributed by atoms with Gasteiger partial charge in [0.2, 0.25) is 0 Å². The van der Waals surface area contributed by atoms with Crippen molar-refractivity contribution >= 4 is 33.0 Å². The molecule has 0 aliphatic carbocycles. The number of unbranched alkanes of at least 4 members (excludes halogenated alkanes) is 1. The molecule has 0 fully saturated rings. The van der Waals surface area contributed by atoms with Gasteiger partial charge in [-0.05, 0) is 48.4 Å². The van der Waals surface area contributed by atoms with Crippen LogP contribution in [0.2, 0.25) is 0 Å². The minimum Gasteiger partial charge on any atom is -0.504 e. The third kappa shape index (κ3) is 4.19. The number of benzene rings is 2. The second kappa shape index (κ2) is 8.35. The van der Waals surface area contributed by atoms with Crippen molar-refractivity contribution in [1.29, 1.82) is 0 Å². The number of aryl methyl sites for hydroxylation is 1. The smallest absolute Gasteiger partial charge is 0.282 e. The van der Waals surface area contributed by atoms with Crippen LogP contribution < -0.4 is 10.3 Å². The summed E-state index contributed by atoms with van der Waals surface area (Å²) in [6.07, 6.45) is 4.13. The molecule has 6 nitrogen and oxygen atoms in total. The summed E-state index contributed by atoms with van der Waals surface area (Å²) in [6.45, 7) is 2.09. The molecule has 0 amide bonds. The number of hydrogen-bond donors (Lipinski definition) is 1. The van der Waals surface area contributed by atoms with Gasteiger partial charge in [0.05, 0.1) is 24.2 Å². The van der Waals surface area contributed by atoms with E-state index in [-0.39, 0.29) is 11.3 Å². The minimum atomic E-state index is -0.214. The number of aromatic nitrogens is 2. The normalized spacial score (nSPS) is 11.4. The maximum atomic E-state index is 13.0. The highest BCUT2D eigenvalue weighted by molar-refractivity contribution is 9.10. The molecule has 7 heteroatoms. The van der Waals surface area contributed by atoms with Crippen LogP contribution in [0.5, 0.6) is 11.5 Å². The molecule has 0 spiro atoms. The summed E-state index contributed by atoms with van der Waals surface area (Å²) in [5, 5.41) is 14.6. The van der Waals surface area contributed by atoms with E-state index in [9.17, 15) is 9.90 Å². The molecular weight excluding hydrogens is 410 g/mol. The Hall–Kier alpha value is -2.67. The van der Waals surface area contributed by atoms with Gasteiger partial charge in [-0.3, -0.25) is 4.79 Å². The van der Waals surface area contributed by atoms with Gasteiger partial charge in [-0.1, -0.05) is 29.3 Å². The van der Waals surface area contributed by atoms with Crippen LogP contribution in [0.4, 0.5) is 0 Å². The van der Waals surface area contributed by atoms with E-state index >= 15 is 0 Å². The van der Waals surface area contributed by atoms with E-state index in [0.717, 1.165) is 17.3 Å². The summed E-state index contributed by atoms with van der Waals surface area (Å²) in [5.74, 6) is 1.02. The molecule has 1 aromatic heterocycles. The van der Waals surface area contributed by atoms with E-state index in [2.05, 4.69) is 32.9 Å². The lowest BCUT2D eigenvalue weighted by atomic mass is 10.2. The highest BCUT2D eigenvalue weighted by atomic mass is 79.9. The maximum Gasteiger partial charge on any atom is 0.282 e. The number of rotatable bonds is 6. The molecule has 0 saturated heterocycles. The third-order valence-electron chi connectivity index (χ3n) is 4.16. The fourth-order valence-corrected chi connectivity index (χ4v) is 3.07. The van der Waals surface area contributed by atoms with Crippen LogP contribution in [0.1, 0.15) is 31.2 Å². The maximum absolute atomic E-state index is 13.0.